The highest BCUT2D eigenvalue weighted by Gasteiger charge is 2.25. The van der Waals surface area contributed by atoms with E-state index in [4.69, 9.17) is 14.4 Å². The Kier molecular flexibility index (Phi) is 5.23. The van der Waals surface area contributed by atoms with Crippen LogP contribution in [0.4, 0.5) is 0 Å². The number of carbonyl (C=O) groups excluding carboxylic acids is 2. The number of carbonyl (C=O) groups is 2. The number of benzene rings is 1. The van der Waals surface area contributed by atoms with Crippen molar-refractivity contribution in [2.45, 2.75) is 13.5 Å². The molecule has 0 bridgehead atoms. The molecule has 3 rings (SSSR count). The van der Waals surface area contributed by atoms with Gasteiger partial charge in [0.05, 0.1) is 5.56 Å². The van der Waals surface area contributed by atoms with E-state index in [0.717, 1.165) is 0 Å². The summed E-state index contributed by atoms with van der Waals surface area (Å²) in [4.78, 5) is 27.3. The first kappa shape index (κ1) is 17.5. The van der Waals surface area contributed by atoms with Crippen LogP contribution in [0, 0.1) is 11.3 Å². The molecule has 0 atom stereocenters. The smallest absolute Gasteiger partial charge is 0.289 e. The van der Waals surface area contributed by atoms with Gasteiger partial charge in [0.2, 0.25) is 5.91 Å². The van der Waals surface area contributed by atoms with Crippen molar-refractivity contribution in [2.75, 3.05) is 26.2 Å². The second-order valence-electron chi connectivity index (χ2n) is 5.96. The molecule has 1 aliphatic rings. The van der Waals surface area contributed by atoms with Gasteiger partial charge < -0.3 is 19.0 Å². The molecule has 2 aromatic rings. The molecule has 7 nitrogen and oxygen atoms in total. The standard InChI is InChI=1S/C19H19N3O4/c1-14(23)21-8-10-22(11-9-21)19(24)18-7-6-16(26-18)13-25-17-5-3-2-4-15(17)12-20/h2-7H,8-11,13H2,1H3. The van der Waals surface area contributed by atoms with Gasteiger partial charge in [-0.15, -0.1) is 0 Å². The predicted octanol–water partition coefficient (Wildman–Crippen LogP) is 2.03. The summed E-state index contributed by atoms with van der Waals surface area (Å²) >= 11 is 0. The van der Waals surface area contributed by atoms with E-state index in [2.05, 4.69) is 6.07 Å². The van der Waals surface area contributed by atoms with Gasteiger partial charge in [-0.25, -0.2) is 0 Å². The Morgan fingerprint density at radius 3 is 2.50 bits per heavy atom. The van der Waals surface area contributed by atoms with Gasteiger partial charge in [0.25, 0.3) is 5.91 Å². The van der Waals surface area contributed by atoms with E-state index in [1.165, 1.54) is 6.92 Å². The maximum absolute atomic E-state index is 12.5. The van der Waals surface area contributed by atoms with Gasteiger partial charge in [-0.3, -0.25) is 9.59 Å². The fraction of sp³-hybridized carbons (Fsp3) is 0.316. The summed E-state index contributed by atoms with van der Waals surface area (Å²) < 4.78 is 11.2. The largest absolute Gasteiger partial charge is 0.484 e. The summed E-state index contributed by atoms with van der Waals surface area (Å²) in [6.45, 7) is 3.69. The number of hydrogen-bond acceptors (Lipinski definition) is 5. The molecule has 0 unspecified atom stereocenters. The molecule has 7 heteroatoms. The van der Waals surface area contributed by atoms with E-state index in [1.807, 2.05) is 0 Å². The van der Waals surface area contributed by atoms with Gasteiger partial charge in [0.1, 0.15) is 24.2 Å². The van der Waals surface area contributed by atoms with Crippen molar-refractivity contribution in [1.82, 2.24) is 9.80 Å². The number of ether oxygens (including phenoxy) is 1. The van der Waals surface area contributed by atoms with Gasteiger partial charge in [0.15, 0.2) is 5.76 Å². The lowest BCUT2D eigenvalue weighted by Crippen LogP contribution is -2.50. The Labute approximate surface area is 151 Å². The SMILES string of the molecule is CC(=O)N1CCN(C(=O)c2ccc(COc3ccccc3C#N)o2)CC1. The molecule has 0 aliphatic carbocycles. The van der Waals surface area contributed by atoms with Crippen LogP contribution in [0.1, 0.15) is 28.8 Å². The molecular weight excluding hydrogens is 334 g/mol. The van der Waals surface area contributed by atoms with Gasteiger partial charge >= 0.3 is 0 Å². The highest BCUT2D eigenvalue weighted by atomic mass is 16.5. The van der Waals surface area contributed by atoms with Crippen LogP contribution in [0.3, 0.4) is 0 Å². The first-order chi connectivity index (χ1) is 12.6. The molecule has 1 fully saturated rings. The molecule has 2 amide bonds. The first-order valence-electron chi connectivity index (χ1n) is 8.34. The van der Waals surface area contributed by atoms with E-state index in [9.17, 15) is 9.59 Å². The molecule has 0 saturated carbocycles. The number of nitriles is 1. The lowest BCUT2D eigenvalue weighted by molar-refractivity contribution is -0.130. The minimum atomic E-state index is -0.197. The Hall–Kier alpha value is -3.27. The summed E-state index contributed by atoms with van der Waals surface area (Å²) in [6, 6.07) is 12.3. The topological polar surface area (TPSA) is 86.8 Å². The van der Waals surface area contributed by atoms with Gasteiger partial charge in [-0.05, 0) is 24.3 Å². The van der Waals surface area contributed by atoms with Gasteiger partial charge in [-0.1, -0.05) is 12.1 Å². The lowest BCUT2D eigenvalue weighted by atomic mass is 10.2. The minimum Gasteiger partial charge on any atom is -0.484 e. The van der Waals surface area contributed by atoms with Crippen molar-refractivity contribution in [3.63, 3.8) is 0 Å². The fourth-order valence-corrected chi connectivity index (χ4v) is 2.78. The molecule has 26 heavy (non-hydrogen) atoms. The lowest BCUT2D eigenvalue weighted by Gasteiger charge is -2.33. The number of nitrogens with zero attached hydrogens (tertiary/aromatic N) is 3. The van der Waals surface area contributed by atoms with Crippen LogP contribution >= 0.6 is 0 Å². The molecule has 1 aromatic heterocycles. The van der Waals surface area contributed by atoms with Crippen LogP contribution in [0.5, 0.6) is 5.75 Å². The van der Waals surface area contributed by atoms with Crippen LogP contribution in [0.25, 0.3) is 0 Å². The molecule has 2 heterocycles. The molecule has 134 valence electrons. The normalized spacial score (nSPS) is 14.0. The Morgan fingerprint density at radius 1 is 1.12 bits per heavy atom. The number of amides is 2. The summed E-state index contributed by atoms with van der Waals surface area (Å²) in [6.07, 6.45) is 0. The Bertz CT molecular complexity index is 844. The molecule has 1 aromatic carbocycles. The van der Waals surface area contributed by atoms with Crippen molar-refractivity contribution in [2.24, 2.45) is 0 Å². The molecular formula is C19H19N3O4. The Balaban J connectivity index is 1.59. The number of para-hydroxylation sites is 1. The van der Waals surface area contributed by atoms with Crippen LogP contribution in [-0.2, 0) is 11.4 Å². The van der Waals surface area contributed by atoms with Gasteiger partial charge in [-0.2, -0.15) is 5.26 Å². The zero-order valence-corrected chi connectivity index (χ0v) is 14.5. The second kappa shape index (κ2) is 7.74. The second-order valence-corrected chi connectivity index (χ2v) is 5.96. The first-order valence-corrected chi connectivity index (χ1v) is 8.34. The summed E-state index contributed by atoms with van der Waals surface area (Å²) in [7, 11) is 0. The van der Waals surface area contributed by atoms with E-state index < -0.39 is 0 Å². The van der Waals surface area contributed by atoms with Crippen LogP contribution in [0.15, 0.2) is 40.8 Å². The summed E-state index contributed by atoms with van der Waals surface area (Å²) in [5.41, 5.74) is 0.443. The third kappa shape index (κ3) is 3.86. The average Bonchev–Trinajstić information content (AvgIpc) is 3.15. The highest BCUT2D eigenvalue weighted by Crippen LogP contribution is 2.19. The molecule has 0 spiro atoms. The van der Waals surface area contributed by atoms with E-state index in [-0.39, 0.29) is 24.2 Å². The quantitative estimate of drug-likeness (QED) is 0.839. The van der Waals surface area contributed by atoms with E-state index >= 15 is 0 Å². The van der Waals surface area contributed by atoms with Crippen molar-refractivity contribution < 1.29 is 18.7 Å². The minimum absolute atomic E-state index is 0.0205. The van der Waals surface area contributed by atoms with Crippen molar-refractivity contribution >= 4 is 11.8 Å². The van der Waals surface area contributed by atoms with Crippen LogP contribution < -0.4 is 4.74 Å². The fourth-order valence-electron chi connectivity index (χ4n) is 2.78. The zero-order chi connectivity index (χ0) is 18.5. The van der Waals surface area contributed by atoms with Crippen LogP contribution in [-0.4, -0.2) is 47.8 Å². The number of furan rings is 1. The zero-order valence-electron chi connectivity index (χ0n) is 14.5. The number of piperazine rings is 1. The Morgan fingerprint density at radius 2 is 1.81 bits per heavy atom. The van der Waals surface area contributed by atoms with Crippen LogP contribution in [0.2, 0.25) is 0 Å². The van der Waals surface area contributed by atoms with Crippen molar-refractivity contribution in [3.05, 3.63) is 53.5 Å². The molecule has 0 N–H and O–H groups in total. The van der Waals surface area contributed by atoms with Crippen molar-refractivity contribution in [1.29, 1.82) is 5.26 Å². The highest BCUT2D eigenvalue weighted by molar-refractivity contribution is 5.91. The maximum Gasteiger partial charge on any atom is 0.289 e. The van der Waals surface area contributed by atoms with E-state index in [0.29, 0.717) is 43.3 Å². The average molecular weight is 353 g/mol. The molecule has 1 saturated heterocycles. The molecule has 1 aliphatic heterocycles. The summed E-state index contributed by atoms with van der Waals surface area (Å²) in [5, 5.41) is 9.06. The number of hydrogen-bond donors (Lipinski definition) is 0. The monoisotopic (exact) mass is 353 g/mol. The predicted molar refractivity (Wildman–Crippen MR) is 92.4 cm³/mol. The third-order valence-corrected chi connectivity index (χ3v) is 4.26. The van der Waals surface area contributed by atoms with E-state index in [1.54, 1.807) is 46.2 Å². The third-order valence-electron chi connectivity index (χ3n) is 4.26. The van der Waals surface area contributed by atoms with Gasteiger partial charge in [0, 0.05) is 33.1 Å². The number of rotatable bonds is 4. The summed E-state index contributed by atoms with van der Waals surface area (Å²) in [5.74, 6) is 1.04. The van der Waals surface area contributed by atoms with Crippen molar-refractivity contribution in [3.8, 4) is 11.8 Å². The maximum atomic E-state index is 12.5. The molecule has 0 radical (unpaired) electrons.